The maximum atomic E-state index is 13.2. The lowest BCUT2D eigenvalue weighted by molar-refractivity contribution is -0.385. The van der Waals surface area contributed by atoms with Crippen LogP contribution in [0.25, 0.3) is 0 Å². The minimum Gasteiger partial charge on any atom is -0.349 e. The first-order valence-electron chi connectivity index (χ1n) is 11.1. The number of carbonyl (C=O) groups excluding carboxylic acids is 3. The van der Waals surface area contributed by atoms with Crippen LogP contribution in [0.5, 0.6) is 0 Å². The molecule has 0 aromatic carbocycles. The number of rotatable bonds is 10. The Labute approximate surface area is 186 Å². The second kappa shape index (κ2) is 10.5. The van der Waals surface area contributed by atoms with Gasteiger partial charge in [0.1, 0.15) is 17.4 Å². The molecule has 174 valence electrons. The van der Waals surface area contributed by atoms with Gasteiger partial charge in [-0.2, -0.15) is 0 Å². The Balaban J connectivity index is 1.88. The quantitative estimate of drug-likeness (QED) is 0.214. The second-order valence-corrected chi connectivity index (χ2v) is 8.27. The Kier molecular flexibility index (Phi) is 7.73. The van der Waals surface area contributed by atoms with Gasteiger partial charge >= 0.3 is 6.03 Å². The number of anilines is 1. The zero-order valence-corrected chi connectivity index (χ0v) is 18.3. The van der Waals surface area contributed by atoms with Crippen LogP contribution in [0.3, 0.4) is 0 Å². The van der Waals surface area contributed by atoms with E-state index < -0.39 is 34.2 Å². The van der Waals surface area contributed by atoms with E-state index in [-0.39, 0.29) is 5.69 Å². The van der Waals surface area contributed by atoms with E-state index in [1.165, 1.54) is 18.3 Å². The number of piperazine rings is 1. The van der Waals surface area contributed by atoms with Gasteiger partial charge in [-0.25, -0.2) is 9.78 Å². The minimum atomic E-state index is -1.48. The van der Waals surface area contributed by atoms with Crippen molar-refractivity contribution < 1.29 is 19.3 Å². The summed E-state index contributed by atoms with van der Waals surface area (Å²) in [6, 6.07) is 1.46. The number of carbonyl (C=O) groups is 3. The normalized spacial score (nSPS) is 20.6. The predicted molar refractivity (Wildman–Crippen MR) is 117 cm³/mol. The van der Waals surface area contributed by atoms with Crippen LogP contribution in [0.4, 0.5) is 16.3 Å². The van der Waals surface area contributed by atoms with Crippen molar-refractivity contribution >= 4 is 29.4 Å². The molecule has 2 aliphatic rings. The van der Waals surface area contributed by atoms with E-state index in [1.54, 1.807) is 0 Å². The van der Waals surface area contributed by atoms with Gasteiger partial charge in [0.15, 0.2) is 0 Å². The van der Waals surface area contributed by atoms with Crippen molar-refractivity contribution in [2.24, 2.45) is 5.41 Å². The molecule has 4 amide bonds. The van der Waals surface area contributed by atoms with Crippen molar-refractivity contribution in [2.75, 3.05) is 24.5 Å². The highest BCUT2D eigenvalue weighted by Gasteiger charge is 2.57. The van der Waals surface area contributed by atoms with Crippen molar-refractivity contribution in [1.82, 2.24) is 20.9 Å². The number of hydrogen-bond donors (Lipinski definition) is 3. The Morgan fingerprint density at radius 3 is 2.44 bits per heavy atom. The third-order valence-electron chi connectivity index (χ3n) is 6.24. The van der Waals surface area contributed by atoms with Crippen molar-refractivity contribution in [3.63, 3.8) is 0 Å². The maximum absolute atomic E-state index is 13.2. The van der Waals surface area contributed by atoms with Gasteiger partial charge in [-0.1, -0.05) is 45.4 Å². The number of nitrogens with zero attached hydrogens (tertiary/aromatic N) is 3. The average molecular weight is 447 g/mol. The molecule has 3 N–H and O–H groups in total. The summed E-state index contributed by atoms with van der Waals surface area (Å²) in [5.41, 5.74) is -1.61. The molecular weight excluding hydrogens is 416 g/mol. The zero-order chi connectivity index (χ0) is 23.1. The molecule has 0 spiro atoms. The standard InChI is InChI=1S/C21H30N6O5/c1-2-3-4-5-6-7-10-21(18(28)24-20(30)25-19(21)29)16-14-22-11-12-26(16)17-9-8-15(13-23-17)27(31)32/h8-9,13,16,22H,2-7,10-12,14H2,1H3,(H2,24,25,28,29,30). The fourth-order valence-corrected chi connectivity index (χ4v) is 4.52. The van der Waals surface area contributed by atoms with E-state index >= 15 is 0 Å². The van der Waals surface area contributed by atoms with Crippen LogP contribution >= 0.6 is 0 Å². The third kappa shape index (κ3) is 4.87. The highest BCUT2D eigenvalue weighted by molar-refractivity contribution is 6.20. The van der Waals surface area contributed by atoms with Crippen molar-refractivity contribution in [3.05, 3.63) is 28.4 Å². The van der Waals surface area contributed by atoms with Gasteiger partial charge in [-0.05, 0) is 12.5 Å². The number of unbranched alkanes of at least 4 members (excludes halogenated alkanes) is 5. The van der Waals surface area contributed by atoms with Crippen LogP contribution in [-0.4, -0.2) is 53.4 Å². The molecule has 0 saturated carbocycles. The number of pyridine rings is 1. The van der Waals surface area contributed by atoms with Gasteiger partial charge in [0.2, 0.25) is 11.8 Å². The molecule has 2 fully saturated rings. The lowest BCUT2D eigenvalue weighted by Crippen LogP contribution is -2.72. The molecular formula is C21H30N6O5. The van der Waals surface area contributed by atoms with Gasteiger partial charge in [0.05, 0.1) is 11.0 Å². The number of hydrogen-bond acceptors (Lipinski definition) is 8. The fourth-order valence-electron chi connectivity index (χ4n) is 4.52. The second-order valence-electron chi connectivity index (χ2n) is 8.27. The van der Waals surface area contributed by atoms with Crippen molar-refractivity contribution in [3.8, 4) is 0 Å². The number of urea groups is 1. The molecule has 3 heterocycles. The molecule has 2 saturated heterocycles. The third-order valence-corrected chi connectivity index (χ3v) is 6.24. The van der Waals surface area contributed by atoms with Gasteiger partial charge in [-0.3, -0.25) is 30.3 Å². The van der Waals surface area contributed by atoms with Crippen molar-refractivity contribution in [1.29, 1.82) is 0 Å². The van der Waals surface area contributed by atoms with Crippen LogP contribution in [0.2, 0.25) is 0 Å². The molecule has 11 heteroatoms. The number of amides is 4. The SMILES string of the molecule is CCCCCCCCC1(C2CNCCN2c2ccc([N+](=O)[O-])cn2)C(=O)NC(=O)NC1=O. The van der Waals surface area contributed by atoms with Crippen LogP contribution in [0.15, 0.2) is 18.3 Å². The highest BCUT2D eigenvalue weighted by Crippen LogP contribution is 2.37. The average Bonchev–Trinajstić information content (AvgIpc) is 2.78. The van der Waals surface area contributed by atoms with E-state index in [4.69, 9.17) is 0 Å². The zero-order valence-electron chi connectivity index (χ0n) is 18.3. The van der Waals surface area contributed by atoms with Crippen molar-refractivity contribution in [2.45, 2.75) is 57.9 Å². The van der Waals surface area contributed by atoms with E-state index in [1.807, 2.05) is 4.90 Å². The summed E-state index contributed by atoms with van der Waals surface area (Å²) in [7, 11) is 0. The van der Waals surface area contributed by atoms with Crippen LogP contribution in [-0.2, 0) is 9.59 Å². The Hall–Kier alpha value is -3.08. The van der Waals surface area contributed by atoms with E-state index in [2.05, 4.69) is 27.9 Å². The number of nitrogens with one attached hydrogen (secondary N) is 3. The molecule has 0 aliphatic carbocycles. The van der Waals surface area contributed by atoms with Crippen LogP contribution in [0, 0.1) is 15.5 Å². The largest absolute Gasteiger partial charge is 0.349 e. The first-order valence-corrected chi connectivity index (χ1v) is 11.1. The predicted octanol–water partition coefficient (Wildman–Crippen LogP) is 1.87. The van der Waals surface area contributed by atoms with Gasteiger partial charge in [0, 0.05) is 25.7 Å². The fraction of sp³-hybridized carbons (Fsp3) is 0.619. The van der Waals surface area contributed by atoms with E-state index in [0.29, 0.717) is 38.3 Å². The minimum absolute atomic E-state index is 0.138. The molecule has 32 heavy (non-hydrogen) atoms. The number of aromatic nitrogens is 1. The van der Waals surface area contributed by atoms with Gasteiger partial charge < -0.3 is 10.2 Å². The number of barbiturate groups is 1. The lowest BCUT2D eigenvalue weighted by Gasteiger charge is -2.48. The first kappa shape index (κ1) is 23.6. The molecule has 0 bridgehead atoms. The monoisotopic (exact) mass is 446 g/mol. The lowest BCUT2D eigenvalue weighted by atomic mass is 9.71. The summed E-state index contributed by atoms with van der Waals surface area (Å²) in [6.45, 7) is 3.54. The molecule has 1 aromatic heterocycles. The summed E-state index contributed by atoms with van der Waals surface area (Å²) in [6.07, 6.45) is 7.39. The number of imide groups is 2. The Bertz CT molecular complexity index is 839. The van der Waals surface area contributed by atoms with E-state index in [0.717, 1.165) is 32.1 Å². The Morgan fingerprint density at radius 1 is 1.12 bits per heavy atom. The van der Waals surface area contributed by atoms with E-state index in [9.17, 15) is 24.5 Å². The molecule has 1 aromatic rings. The number of nitro groups is 1. The molecule has 1 atom stereocenters. The summed E-state index contributed by atoms with van der Waals surface area (Å²) in [4.78, 5) is 54.6. The summed E-state index contributed by atoms with van der Waals surface area (Å²) in [5.74, 6) is -0.775. The summed E-state index contributed by atoms with van der Waals surface area (Å²) in [5, 5.41) is 18.8. The van der Waals surface area contributed by atoms with Gasteiger partial charge in [0.25, 0.3) is 5.69 Å². The topological polar surface area (TPSA) is 147 Å². The van der Waals surface area contributed by atoms with Crippen LogP contribution in [0.1, 0.15) is 51.9 Å². The molecule has 0 radical (unpaired) electrons. The summed E-state index contributed by atoms with van der Waals surface area (Å²) >= 11 is 0. The smallest absolute Gasteiger partial charge is 0.328 e. The summed E-state index contributed by atoms with van der Waals surface area (Å²) < 4.78 is 0. The van der Waals surface area contributed by atoms with Crippen LogP contribution < -0.4 is 20.9 Å². The first-order chi connectivity index (χ1) is 15.4. The molecule has 2 aliphatic heterocycles. The van der Waals surface area contributed by atoms with Gasteiger partial charge in [-0.15, -0.1) is 0 Å². The molecule has 1 unspecified atom stereocenters. The maximum Gasteiger partial charge on any atom is 0.328 e. The Morgan fingerprint density at radius 2 is 1.81 bits per heavy atom. The highest BCUT2D eigenvalue weighted by atomic mass is 16.6. The molecule has 3 rings (SSSR count). The molecule has 11 nitrogen and oxygen atoms in total.